The fraction of sp³-hybridized carbons (Fsp3) is 0.0312. The van der Waals surface area contributed by atoms with Crippen LogP contribution < -0.4 is 31.8 Å². The molecule has 0 heterocycles. The summed E-state index contributed by atoms with van der Waals surface area (Å²) < 4.78 is 24.6. The molecular weight excluding hydrogens is 959 g/mol. The minimum absolute atomic E-state index is 0.0184. The van der Waals surface area contributed by atoms with Crippen molar-refractivity contribution >= 4 is 68.1 Å². The lowest BCUT2D eigenvalue weighted by Crippen LogP contribution is -2.32. The van der Waals surface area contributed by atoms with Crippen LogP contribution in [0.1, 0.15) is 31.8 Å². The van der Waals surface area contributed by atoms with Crippen molar-refractivity contribution in [2.24, 2.45) is 0 Å². The van der Waals surface area contributed by atoms with Gasteiger partial charge >= 0.3 is 11.9 Å². The molecule has 0 fully saturated rings. The average Bonchev–Trinajstić information content (AvgIpc) is 3.46. The molecule has 0 spiro atoms. The van der Waals surface area contributed by atoms with Crippen LogP contribution in [0.25, 0.3) is 0 Å². The predicted molar refractivity (Wildman–Crippen MR) is 303 cm³/mol. The van der Waals surface area contributed by atoms with Crippen LogP contribution in [-0.2, 0) is 22.2 Å². The largest absolute Gasteiger partial charge is 0.478 e. The summed E-state index contributed by atoms with van der Waals surface area (Å²) in [5, 5.41) is 26.1. The Hall–Kier alpha value is -8.05. The number of aromatic carboxylic acids is 2. The van der Waals surface area contributed by atoms with Gasteiger partial charge < -0.3 is 10.2 Å². The van der Waals surface area contributed by atoms with Gasteiger partial charge in [0.05, 0.1) is 33.2 Å². The van der Waals surface area contributed by atoms with Crippen molar-refractivity contribution in [3.05, 3.63) is 313 Å². The molecular formula is C64H54O6P2S+2. The third-order valence-corrected chi connectivity index (χ3v) is 23.1. The lowest BCUT2D eigenvalue weighted by atomic mass is 10.2. The lowest BCUT2D eigenvalue weighted by molar-refractivity contribution is 0.0686. The highest BCUT2D eigenvalue weighted by Crippen LogP contribution is 2.59. The number of sulfone groups is 1. The Bertz CT molecular complexity index is 2990. The van der Waals surface area contributed by atoms with Gasteiger partial charge in [-0.25, -0.2) is 18.0 Å². The molecule has 0 radical (unpaired) electrons. The molecule has 6 nitrogen and oxygen atoms in total. The summed E-state index contributed by atoms with van der Waals surface area (Å²) in [7, 11) is -7.36. The van der Waals surface area contributed by atoms with Gasteiger partial charge in [0.2, 0.25) is 9.84 Å². The van der Waals surface area contributed by atoms with Crippen molar-refractivity contribution < 1.29 is 28.2 Å². The van der Waals surface area contributed by atoms with Crippen LogP contribution in [0, 0.1) is 0 Å². The fourth-order valence-corrected chi connectivity index (χ4v) is 18.7. The average molecular weight is 1010 g/mol. The van der Waals surface area contributed by atoms with Gasteiger partial charge in [-0.3, -0.25) is 0 Å². The van der Waals surface area contributed by atoms with Crippen LogP contribution in [0.15, 0.2) is 301 Å². The Morgan fingerprint density at radius 1 is 0.288 bits per heavy atom. The number of rotatable bonds is 14. The first-order valence-corrected chi connectivity index (χ1v) is 29.1. The molecule has 0 amide bonds. The molecule has 0 aliphatic heterocycles. The van der Waals surface area contributed by atoms with Gasteiger partial charge in [0.15, 0.2) is 0 Å². The minimum atomic E-state index is -3.81. The van der Waals surface area contributed by atoms with E-state index >= 15 is 0 Å². The predicted octanol–water partition coefficient (Wildman–Crippen LogP) is 12.3. The second-order valence-electron chi connectivity index (χ2n) is 17.1. The van der Waals surface area contributed by atoms with Crippen molar-refractivity contribution in [2.75, 3.05) is 0 Å². The molecule has 0 aliphatic rings. The van der Waals surface area contributed by atoms with E-state index in [9.17, 15) is 18.0 Å². The van der Waals surface area contributed by atoms with Crippen LogP contribution >= 0.6 is 14.5 Å². The highest BCUT2D eigenvalue weighted by Gasteiger charge is 2.46. The molecule has 0 saturated heterocycles. The fourth-order valence-electron chi connectivity index (χ4n) is 8.94. The van der Waals surface area contributed by atoms with Gasteiger partial charge in [-0.2, -0.15) is 0 Å². The van der Waals surface area contributed by atoms with Crippen molar-refractivity contribution in [3.8, 4) is 0 Å². The molecule has 360 valence electrons. The summed E-state index contributed by atoms with van der Waals surface area (Å²) in [5.41, 5.74) is 2.74. The summed E-state index contributed by atoms with van der Waals surface area (Å²) in [4.78, 5) is 21.3. The number of hydrogen-bond acceptors (Lipinski definition) is 4. The second kappa shape index (κ2) is 24.4. The summed E-state index contributed by atoms with van der Waals surface area (Å²) in [6.07, 6.45) is 2.07. The maximum atomic E-state index is 12.3. The van der Waals surface area contributed by atoms with Crippen LogP contribution in [-0.4, -0.2) is 30.6 Å². The summed E-state index contributed by atoms with van der Waals surface area (Å²) >= 11 is 0. The quantitative estimate of drug-likeness (QED) is 0.105. The molecule has 9 heteroatoms. The van der Waals surface area contributed by atoms with Gasteiger partial charge in [0.25, 0.3) is 0 Å². The highest BCUT2D eigenvalue weighted by molar-refractivity contribution is 7.95. The number of hydrogen-bond donors (Lipinski definition) is 2. The summed E-state index contributed by atoms with van der Waals surface area (Å²) in [5.74, 6) is -2.30. The van der Waals surface area contributed by atoms with E-state index in [-0.39, 0.29) is 20.9 Å². The maximum absolute atomic E-state index is 12.3. The van der Waals surface area contributed by atoms with Crippen LogP contribution in [0.3, 0.4) is 0 Å². The minimum Gasteiger partial charge on any atom is -0.478 e. The zero-order chi connectivity index (χ0) is 50.9. The van der Waals surface area contributed by atoms with Crippen LogP contribution in [0.5, 0.6) is 0 Å². The Balaban J connectivity index is 0.000000147. The van der Waals surface area contributed by atoms with Gasteiger partial charge in [-0.05, 0) is 132 Å². The molecule has 0 aromatic heterocycles. The zero-order valence-electron chi connectivity index (χ0n) is 40.0. The van der Waals surface area contributed by atoms with Crippen LogP contribution in [0.2, 0.25) is 0 Å². The topological polar surface area (TPSA) is 109 Å². The molecule has 10 aromatic carbocycles. The first kappa shape index (κ1) is 51.3. The molecule has 10 aromatic rings. The van der Waals surface area contributed by atoms with Crippen molar-refractivity contribution in [1.82, 2.24) is 0 Å². The third-order valence-electron chi connectivity index (χ3n) is 12.5. The van der Waals surface area contributed by atoms with Gasteiger partial charge in [0, 0.05) is 0 Å². The Morgan fingerprint density at radius 3 is 0.671 bits per heavy atom. The second-order valence-corrected chi connectivity index (χ2v) is 26.0. The maximum Gasteiger partial charge on any atom is 0.335 e. The lowest BCUT2D eigenvalue weighted by Gasteiger charge is -2.27. The number of carboxylic acids is 2. The Labute approximate surface area is 429 Å². The Morgan fingerprint density at radius 2 is 0.479 bits per heavy atom. The van der Waals surface area contributed by atoms with Crippen molar-refractivity contribution in [1.29, 1.82) is 0 Å². The van der Waals surface area contributed by atoms with Crippen molar-refractivity contribution in [2.45, 2.75) is 22.1 Å². The van der Waals surface area contributed by atoms with E-state index in [1.807, 2.05) is 0 Å². The van der Waals surface area contributed by atoms with E-state index in [1.54, 1.807) is 0 Å². The van der Waals surface area contributed by atoms with E-state index in [4.69, 9.17) is 10.2 Å². The first-order valence-electron chi connectivity index (χ1n) is 23.7. The van der Waals surface area contributed by atoms with Crippen molar-refractivity contribution in [3.63, 3.8) is 0 Å². The highest BCUT2D eigenvalue weighted by atomic mass is 32.2. The number of carboxylic acid groups (broad SMARTS) is 2. The molecule has 2 N–H and O–H groups in total. The van der Waals surface area contributed by atoms with Crippen LogP contribution in [0.4, 0.5) is 0 Å². The van der Waals surface area contributed by atoms with E-state index in [1.165, 1.54) is 91.5 Å². The Kier molecular flexibility index (Phi) is 17.1. The molecule has 73 heavy (non-hydrogen) atoms. The summed E-state index contributed by atoms with van der Waals surface area (Å²) in [6.45, 7) is 0. The van der Waals surface area contributed by atoms with E-state index < -0.39 is 36.3 Å². The van der Waals surface area contributed by atoms with E-state index in [0.29, 0.717) is 0 Å². The SMILES string of the molecule is O=C(O)c1ccc(S(=O)(=O)c2ccc(C(=O)O)cc2)cc1.c1ccc(C[P+](c2ccccc2)(c2ccccc2)c2ccccc2)cc1.c1ccc(C[P+](c2ccccc2)(c2ccccc2)c2ccccc2)cc1. The van der Waals surface area contributed by atoms with E-state index in [0.717, 1.165) is 12.3 Å². The third kappa shape index (κ3) is 12.2. The van der Waals surface area contributed by atoms with Gasteiger partial charge in [-0.1, -0.05) is 170 Å². The summed E-state index contributed by atoms with van der Waals surface area (Å²) in [6, 6.07) is 97.6. The smallest absolute Gasteiger partial charge is 0.335 e. The number of carbonyl (C=O) groups is 2. The van der Waals surface area contributed by atoms with E-state index in [2.05, 4.69) is 243 Å². The monoisotopic (exact) mass is 1010 g/mol. The van der Waals surface area contributed by atoms with Gasteiger partial charge in [0.1, 0.15) is 46.4 Å². The molecule has 0 aliphatic carbocycles. The normalized spacial score (nSPS) is 11.2. The number of benzene rings is 10. The molecule has 0 atom stereocenters. The first-order chi connectivity index (χ1) is 35.6. The zero-order valence-corrected chi connectivity index (χ0v) is 42.6. The molecule has 0 saturated carbocycles. The molecule has 10 rings (SSSR count). The molecule has 0 unspecified atom stereocenters. The van der Waals surface area contributed by atoms with Gasteiger partial charge in [-0.15, -0.1) is 0 Å². The standard InChI is InChI=1S/2C25H22P.C14H10O6S/c2*1-5-13-22(14-6-1)21-26(23-15-7-2-8-16-23,24-17-9-3-10-18-24)25-19-11-4-12-20-25;15-13(16)9-1-5-11(6-2-9)21(19,20)12-7-3-10(4-8-12)14(17)18/h2*1-20H,21H2;1-8H,(H,15,16)(H,17,18)/q2*+1;. The molecule has 0 bridgehead atoms.